The van der Waals surface area contributed by atoms with Crippen molar-refractivity contribution in [2.45, 2.75) is 32.1 Å². The van der Waals surface area contributed by atoms with Crippen LogP contribution in [0.1, 0.15) is 39.4 Å². The van der Waals surface area contributed by atoms with Gasteiger partial charge in [0.15, 0.2) is 18.1 Å². The van der Waals surface area contributed by atoms with Crippen LogP contribution in [0.25, 0.3) is 0 Å². The Labute approximate surface area is 173 Å². The number of thiophene rings is 1. The highest BCUT2D eigenvalue weighted by Gasteiger charge is 2.19. The molecule has 3 rings (SSSR count). The fourth-order valence-electron chi connectivity index (χ4n) is 3.32. The molecule has 1 aromatic heterocycles. The molecule has 0 aliphatic heterocycles. The van der Waals surface area contributed by atoms with Crippen LogP contribution in [0.5, 0.6) is 17.2 Å². The number of fused-ring (bicyclic) bond motifs is 1. The van der Waals surface area contributed by atoms with E-state index in [1.165, 1.54) is 49.5 Å². The first-order chi connectivity index (χ1) is 14.0. The molecule has 2 aromatic rings. The third kappa shape index (κ3) is 5.00. The van der Waals surface area contributed by atoms with Crippen LogP contribution in [0.4, 0.5) is 5.69 Å². The molecular formula is C21H25NO6S. The Morgan fingerprint density at radius 3 is 2.31 bits per heavy atom. The Kier molecular flexibility index (Phi) is 6.98. The van der Waals surface area contributed by atoms with E-state index in [4.69, 9.17) is 18.9 Å². The number of esters is 1. The maximum absolute atomic E-state index is 12.3. The normalized spacial score (nSPS) is 13.1. The Morgan fingerprint density at radius 1 is 0.966 bits per heavy atom. The van der Waals surface area contributed by atoms with Crippen LogP contribution in [0, 0.1) is 0 Å². The second-order valence-electron chi connectivity index (χ2n) is 6.66. The van der Waals surface area contributed by atoms with Crippen molar-refractivity contribution in [3.05, 3.63) is 33.5 Å². The van der Waals surface area contributed by atoms with Crippen LogP contribution < -0.4 is 19.5 Å². The number of methoxy groups -OCH3 is 3. The van der Waals surface area contributed by atoms with Gasteiger partial charge >= 0.3 is 5.97 Å². The van der Waals surface area contributed by atoms with E-state index in [2.05, 4.69) is 5.32 Å². The summed E-state index contributed by atoms with van der Waals surface area (Å²) < 4.78 is 21.0. The zero-order valence-corrected chi connectivity index (χ0v) is 17.6. The number of hydrogen-bond acceptors (Lipinski definition) is 7. The van der Waals surface area contributed by atoms with E-state index in [1.54, 1.807) is 12.1 Å². The number of ether oxygens (including phenoxy) is 4. The first-order valence-electron chi connectivity index (χ1n) is 9.44. The molecule has 0 atom stereocenters. The minimum absolute atomic E-state index is 0.377. The van der Waals surface area contributed by atoms with Gasteiger partial charge < -0.3 is 24.3 Å². The standard InChI is InChI=1S/C21H25NO6S/c1-25-15-10-14(11-16(26-2)20(15)27-3)22-19(23)12-28-21(24)18-9-13-7-5-4-6-8-17(13)29-18/h9-11H,4-8,12H2,1-3H3,(H,22,23). The van der Waals surface area contributed by atoms with Gasteiger partial charge in [0.25, 0.3) is 5.91 Å². The zero-order valence-electron chi connectivity index (χ0n) is 16.8. The second-order valence-corrected chi connectivity index (χ2v) is 7.79. The van der Waals surface area contributed by atoms with Crippen molar-refractivity contribution in [3.8, 4) is 17.2 Å². The topological polar surface area (TPSA) is 83.1 Å². The highest BCUT2D eigenvalue weighted by Crippen LogP contribution is 2.39. The third-order valence-electron chi connectivity index (χ3n) is 4.73. The maximum atomic E-state index is 12.3. The number of nitrogens with one attached hydrogen (secondary N) is 1. The summed E-state index contributed by atoms with van der Waals surface area (Å²) in [5.41, 5.74) is 1.68. The van der Waals surface area contributed by atoms with Gasteiger partial charge in [0.2, 0.25) is 5.75 Å². The van der Waals surface area contributed by atoms with Crippen molar-refractivity contribution >= 4 is 28.9 Å². The van der Waals surface area contributed by atoms with Crippen LogP contribution >= 0.6 is 11.3 Å². The molecule has 1 amide bonds. The lowest BCUT2D eigenvalue weighted by Gasteiger charge is -2.14. The van der Waals surface area contributed by atoms with Gasteiger partial charge in [-0.3, -0.25) is 4.79 Å². The molecule has 0 spiro atoms. The molecule has 1 aromatic carbocycles. The van der Waals surface area contributed by atoms with Gasteiger partial charge in [0.05, 0.1) is 21.3 Å². The quantitative estimate of drug-likeness (QED) is 0.542. The van der Waals surface area contributed by atoms with E-state index in [-0.39, 0.29) is 6.61 Å². The Bertz CT molecular complexity index is 843. The van der Waals surface area contributed by atoms with Crippen molar-refractivity contribution in [1.29, 1.82) is 0 Å². The molecule has 1 aliphatic carbocycles. The molecule has 8 heteroatoms. The van der Waals surface area contributed by atoms with Gasteiger partial charge in [-0.15, -0.1) is 11.3 Å². The van der Waals surface area contributed by atoms with E-state index in [1.807, 2.05) is 6.07 Å². The summed E-state index contributed by atoms with van der Waals surface area (Å²) in [6.07, 6.45) is 5.53. The number of anilines is 1. The monoisotopic (exact) mass is 419 g/mol. The minimum atomic E-state index is -0.469. The number of hydrogen-bond donors (Lipinski definition) is 1. The maximum Gasteiger partial charge on any atom is 0.348 e. The average molecular weight is 419 g/mol. The summed E-state index contributed by atoms with van der Waals surface area (Å²) in [5, 5.41) is 2.68. The van der Waals surface area contributed by atoms with E-state index < -0.39 is 11.9 Å². The summed E-state index contributed by atoms with van der Waals surface area (Å²) in [5.74, 6) is 0.337. The molecule has 1 aliphatic rings. The third-order valence-corrected chi connectivity index (χ3v) is 5.95. The SMILES string of the molecule is COc1cc(NC(=O)COC(=O)c2cc3c(s2)CCCCC3)cc(OC)c1OC. The summed E-state index contributed by atoms with van der Waals surface area (Å²) in [4.78, 5) is 26.4. The molecule has 1 N–H and O–H groups in total. The van der Waals surface area contributed by atoms with Gasteiger partial charge in [0.1, 0.15) is 4.88 Å². The van der Waals surface area contributed by atoms with Crippen molar-refractivity contribution in [1.82, 2.24) is 0 Å². The molecule has 0 saturated heterocycles. The van der Waals surface area contributed by atoms with Gasteiger partial charge in [-0.05, 0) is 37.3 Å². The van der Waals surface area contributed by atoms with E-state index >= 15 is 0 Å². The van der Waals surface area contributed by atoms with Crippen molar-refractivity contribution < 1.29 is 28.5 Å². The molecule has 0 unspecified atom stereocenters. The van der Waals surface area contributed by atoms with Crippen molar-refractivity contribution in [2.24, 2.45) is 0 Å². The summed E-state index contributed by atoms with van der Waals surface area (Å²) in [6, 6.07) is 5.12. The van der Waals surface area contributed by atoms with E-state index in [0.29, 0.717) is 27.8 Å². The highest BCUT2D eigenvalue weighted by atomic mass is 32.1. The second kappa shape index (κ2) is 9.65. The minimum Gasteiger partial charge on any atom is -0.493 e. The number of carbonyl (C=O) groups is 2. The smallest absolute Gasteiger partial charge is 0.348 e. The summed E-state index contributed by atoms with van der Waals surface area (Å²) in [7, 11) is 4.49. The number of carbonyl (C=O) groups excluding carboxylic acids is 2. The molecule has 0 bridgehead atoms. The zero-order chi connectivity index (χ0) is 20.8. The highest BCUT2D eigenvalue weighted by molar-refractivity contribution is 7.14. The number of rotatable bonds is 7. The van der Waals surface area contributed by atoms with Crippen LogP contribution in [-0.2, 0) is 22.4 Å². The van der Waals surface area contributed by atoms with Crippen LogP contribution in [0.2, 0.25) is 0 Å². The van der Waals surface area contributed by atoms with Crippen molar-refractivity contribution in [2.75, 3.05) is 33.3 Å². The molecule has 0 saturated carbocycles. The number of benzene rings is 1. The first kappa shape index (κ1) is 21.0. The lowest BCUT2D eigenvalue weighted by molar-refractivity contribution is -0.119. The van der Waals surface area contributed by atoms with Crippen LogP contribution in [0.15, 0.2) is 18.2 Å². The van der Waals surface area contributed by atoms with Gasteiger partial charge in [0, 0.05) is 22.7 Å². The molecule has 0 radical (unpaired) electrons. The molecule has 29 heavy (non-hydrogen) atoms. The number of amides is 1. The fourth-order valence-corrected chi connectivity index (χ4v) is 4.47. The predicted molar refractivity (Wildman–Crippen MR) is 111 cm³/mol. The van der Waals surface area contributed by atoms with Gasteiger partial charge in [-0.1, -0.05) is 6.42 Å². The van der Waals surface area contributed by atoms with Gasteiger partial charge in [-0.25, -0.2) is 4.79 Å². The Morgan fingerprint density at radius 2 is 1.66 bits per heavy atom. The summed E-state index contributed by atoms with van der Waals surface area (Å²) >= 11 is 1.47. The largest absolute Gasteiger partial charge is 0.493 e. The number of aryl methyl sites for hydroxylation is 2. The molecular weight excluding hydrogens is 394 g/mol. The fraction of sp³-hybridized carbons (Fsp3) is 0.429. The van der Waals surface area contributed by atoms with Crippen LogP contribution in [0.3, 0.4) is 0 Å². The van der Waals surface area contributed by atoms with Crippen LogP contribution in [-0.4, -0.2) is 39.8 Å². The van der Waals surface area contributed by atoms with E-state index in [9.17, 15) is 9.59 Å². The molecule has 7 nitrogen and oxygen atoms in total. The Balaban J connectivity index is 1.60. The lowest BCUT2D eigenvalue weighted by atomic mass is 10.1. The van der Waals surface area contributed by atoms with Gasteiger partial charge in [-0.2, -0.15) is 0 Å². The molecule has 1 heterocycles. The lowest BCUT2D eigenvalue weighted by Crippen LogP contribution is -2.20. The summed E-state index contributed by atoms with van der Waals surface area (Å²) in [6.45, 7) is -0.377. The van der Waals surface area contributed by atoms with Crippen molar-refractivity contribution in [3.63, 3.8) is 0 Å². The average Bonchev–Trinajstić information content (AvgIpc) is 3.01. The van der Waals surface area contributed by atoms with E-state index in [0.717, 1.165) is 25.7 Å². The predicted octanol–water partition coefficient (Wildman–Crippen LogP) is 3.84. The Hall–Kier alpha value is -2.74. The molecule has 0 fully saturated rings. The first-order valence-corrected chi connectivity index (χ1v) is 10.3. The molecule has 156 valence electrons.